The number of benzene rings is 1. The van der Waals surface area contributed by atoms with Crippen LogP contribution in [0.2, 0.25) is 5.02 Å². The van der Waals surface area contributed by atoms with E-state index in [1.165, 1.54) is 0 Å². The molecule has 0 aliphatic rings. The highest BCUT2D eigenvalue weighted by Gasteiger charge is 2.11. The van der Waals surface area contributed by atoms with Crippen LogP contribution < -0.4 is 15.0 Å². The molecule has 19 heavy (non-hydrogen) atoms. The average Bonchev–Trinajstić information content (AvgIpc) is 2.47. The number of nitrogens with zero attached hydrogens (tertiary/aromatic N) is 3. The van der Waals surface area contributed by atoms with Crippen LogP contribution in [-0.2, 0) is 0 Å². The van der Waals surface area contributed by atoms with Crippen LogP contribution >= 0.6 is 11.6 Å². The zero-order valence-corrected chi connectivity index (χ0v) is 11.8. The summed E-state index contributed by atoms with van der Waals surface area (Å²) in [6.07, 6.45) is 1.58. The van der Waals surface area contributed by atoms with Crippen LogP contribution in [0.1, 0.15) is 0 Å². The largest absolute Gasteiger partial charge is 0.497 e. The lowest BCUT2D eigenvalue weighted by molar-refractivity contribution is 0.415. The monoisotopic (exact) mass is 278 g/mol. The standard InChI is InChI=1S/C13H15ClN4O/c1-15-13-16-8-11(14)12(17-13)18(2)9-4-6-10(19-3)7-5-9/h4-8H,1-3H3,(H,15,16,17). The second-order valence-electron chi connectivity index (χ2n) is 3.87. The predicted molar refractivity (Wildman–Crippen MR) is 77.6 cm³/mol. The van der Waals surface area contributed by atoms with Gasteiger partial charge < -0.3 is 15.0 Å². The second-order valence-corrected chi connectivity index (χ2v) is 4.28. The van der Waals surface area contributed by atoms with Gasteiger partial charge in [0, 0.05) is 19.8 Å². The molecule has 0 fully saturated rings. The summed E-state index contributed by atoms with van der Waals surface area (Å²) in [7, 11) is 5.30. The molecule has 1 heterocycles. The number of rotatable bonds is 4. The third-order valence-electron chi connectivity index (χ3n) is 2.73. The quantitative estimate of drug-likeness (QED) is 0.932. The Balaban J connectivity index is 2.34. The number of aromatic nitrogens is 2. The third kappa shape index (κ3) is 2.88. The van der Waals surface area contributed by atoms with Crippen LogP contribution in [0.25, 0.3) is 0 Å². The number of anilines is 3. The number of ether oxygens (including phenoxy) is 1. The molecule has 0 saturated heterocycles. The average molecular weight is 279 g/mol. The SMILES string of the molecule is CNc1ncc(Cl)c(N(C)c2ccc(OC)cc2)n1. The van der Waals surface area contributed by atoms with E-state index < -0.39 is 0 Å². The number of hydrogen-bond acceptors (Lipinski definition) is 5. The molecule has 100 valence electrons. The van der Waals surface area contributed by atoms with Gasteiger partial charge in [0.25, 0.3) is 0 Å². The molecule has 2 aromatic rings. The van der Waals surface area contributed by atoms with Gasteiger partial charge in [-0.25, -0.2) is 4.98 Å². The van der Waals surface area contributed by atoms with E-state index in [-0.39, 0.29) is 0 Å². The molecule has 5 nitrogen and oxygen atoms in total. The summed E-state index contributed by atoms with van der Waals surface area (Å²) in [5, 5.41) is 3.39. The summed E-state index contributed by atoms with van der Waals surface area (Å²) in [5.41, 5.74) is 0.962. The maximum atomic E-state index is 6.14. The fraction of sp³-hybridized carbons (Fsp3) is 0.231. The van der Waals surface area contributed by atoms with E-state index in [1.54, 1.807) is 20.4 Å². The number of hydrogen-bond donors (Lipinski definition) is 1. The maximum Gasteiger partial charge on any atom is 0.224 e. The van der Waals surface area contributed by atoms with Crippen LogP contribution in [0.15, 0.2) is 30.5 Å². The van der Waals surface area contributed by atoms with Crippen molar-refractivity contribution in [3.63, 3.8) is 0 Å². The Morgan fingerprint density at radius 1 is 1.26 bits per heavy atom. The van der Waals surface area contributed by atoms with Crippen LogP contribution in [0.4, 0.5) is 17.5 Å². The van der Waals surface area contributed by atoms with E-state index in [1.807, 2.05) is 36.2 Å². The van der Waals surface area contributed by atoms with E-state index in [0.717, 1.165) is 11.4 Å². The third-order valence-corrected chi connectivity index (χ3v) is 2.99. The van der Waals surface area contributed by atoms with E-state index in [9.17, 15) is 0 Å². The summed E-state index contributed by atoms with van der Waals surface area (Å²) in [6, 6.07) is 7.66. The molecule has 0 bridgehead atoms. The zero-order valence-electron chi connectivity index (χ0n) is 11.0. The molecular formula is C13H15ClN4O. The first-order valence-electron chi connectivity index (χ1n) is 5.73. The van der Waals surface area contributed by atoms with Crippen molar-refractivity contribution in [3.05, 3.63) is 35.5 Å². The van der Waals surface area contributed by atoms with E-state index in [4.69, 9.17) is 16.3 Å². The van der Waals surface area contributed by atoms with Gasteiger partial charge >= 0.3 is 0 Å². The minimum Gasteiger partial charge on any atom is -0.497 e. The highest BCUT2D eigenvalue weighted by molar-refractivity contribution is 6.33. The van der Waals surface area contributed by atoms with E-state index in [2.05, 4.69) is 15.3 Å². The van der Waals surface area contributed by atoms with Crippen molar-refractivity contribution in [3.8, 4) is 5.75 Å². The Hall–Kier alpha value is -2.01. The van der Waals surface area contributed by atoms with Gasteiger partial charge in [-0.1, -0.05) is 11.6 Å². The Labute approximate surface area is 117 Å². The molecule has 1 aromatic carbocycles. The van der Waals surface area contributed by atoms with Crippen molar-refractivity contribution in [1.82, 2.24) is 9.97 Å². The van der Waals surface area contributed by atoms with Crippen molar-refractivity contribution in [1.29, 1.82) is 0 Å². The molecule has 0 amide bonds. The Morgan fingerprint density at radius 3 is 2.53 bits per heavy atom. The normalized spacial score (nSPS) is 10.1. The smallest absolute Gasteiger partial charge is 0.224 e. The van der Waals surface area contributed by atoms with Crippen LogP contribution in [0.5, 0.6) is 5.75 Å². The van der Waals surface area contributed by atoms with E-state index in [0.29, 0.717) is 16.8 Å². The van der Waals surface area contributed by atoms with Crippen molar-refractivity contribution in [2.75, 3.05) is 31.4 Å². The number of methoxy groups -OCH3 is 1. The van der Waals surface area contributed by atoms with Crippen molar-refractivity contribution < 1.29 is 4.74 Å². The van der Waals surface area contributed by atoms with Gasteiger partial charge in [-0.3, -0.25) is 0 Å². The lowest BCUT2D eigenvalue weighted by atomic mass is 10.3. The highest BCUT2D eigenvalue weighted by Crippen LogP contribution is 2.29. The molecule has 6 heteroatoms. The van der Waals surface area contributed by atoms with Crippen molar-refractivity contribution in [2.45, 2.75) is 0 Å². The van der Waals surface area contributed by atoms with Gasteiger partial charge in [-0.2, -0.15) is 4.98 Å². The summed E-state index contributed by atoms with van der Waals surface area (Å²) < 4.78 is 5.13. The van der Waals surface area contributed by atoms with Crippen molar-refractivity contribution in [2.24, 2.45) is 0 Å². The minimum atomic E-state index is 0.498. The molecular weight excluding hydrogens is 264 g/mol. The van der Waals surface area contributed by atoms with Crippen LogP contribution in [-0.4, -0.2) is 31.2 Å². The second kappa shape index (κ2) is 5.75. The van der Waals surface area contributed by atoms with Gasteiger partial charge in [0.05, 0.1) is 13.3 Å². The molecule has 1 aromatic heterocycles. The molecule has 2 rings (SSSR count). The molecule has 1 N–H and O–H groups in total. The number of halogens is 1. The van der Waals surface area contributed by atoms with Gasteiger partial charge in [0.1, 0.15) is 10.8 Å². The first-order chi connectivity index (χ1) is 9.15. The summed E-state index contributed by atoms with van der Waals surface area (Å²) in [6.45, 7) is 0. The van der Waals surface area contributed by atoms with Crippen LogP contribution in [0.3, 0.4) is 0 Å². The fourth-order valence-corrected chi connectivity index (χ4v) is 1.86. The van der Waals surface area contributed by atoms with Gasteiger partial charge in [-0.15, -0.1) is 0 Å². The fourth-order valence-electron chi connectivity index (χ4n) is 1.64. The highest BCUT2D eigenvalue weighted by atomic mass is 35.5. The van der Waals surface area contributed by atoms with E-state index >= 15 is 0 Å². The van der Waals surface area contributed by atoms with Gasteiger partial charge in [0.15, 0.2) is 5.82 Å². The maximum absolute atomic E-state index is 6.14. The summed E-state index contributed by atoms with van der Waals surface area (Å²) >= 11 is 6.14. The van der Waals surface area contributed by atoms with Gasteiger partial charge in [0.2, 0.25) is 5.95 Å². The topological polar surface area (TPSA) is 50.3 Å². The Kier molecular flexibility index (Phi) is 4.06. The minimum absolute atomic E-state index is 0.498. The lowest BCUT2D eigenvalue weighted by Crippen LogP contribution is -2.13. The Morgan fingerprint density at radius 2 is 1.95 bits per heavy atom. The molecule has 0 aliphatic heterocycles. The summed E-state index contributed by atoms with van der Waals surface area (Å²) in [4.78, 5) is 10.3. The molecule has 0 radical (unpaired) electrons. The first kappa shape index (κ1) is 13.4. The summed E-state index contributed by atoms with van der Waals surface area (Å²) in [5.74, 6) is 1.98. The molecule has 0 aliphatic carbocycles. The zero-order chi connectivity index (χ0) is 13.8. The molecule has 0 atom stereocenters. The molecule has 0 unspecified atom stereocenters. The lowest BCUT2D eigenvalue weighted by Gasteiger charge is -2.20. The molecule has 0 spiro atoms. The van der Waals surface area contributed by atoms with Crippen LogP contribution in [0, 0.1) is 0 Å². The van der Waals surface area contributed by atoms with Crippen molar-refractivity contribution >= 4 is 29.1 Å². The van der Waals surface area contributed by atoms with Gasteiger partial charge in [-0.05, 0) is 24.3 Å². The number of nitrogens with one attached hydrogen (secondary N) is 1. The predicted octanol–water partition coefficient (Wildman–Crippen LogP) is 2.95. The Bertz CT molecular complexity index is 559. The first-order valence-corrected chi connectivity index (χ1v) is 6.11. The molecule has 0 saturated carbocycles.